The molecule has 0 aliphatic carbocycles. The first-order valence-electron chi connectivity index (χ1n) is 10.0. The van der Waals surface area contributed by atoms with Crippen molar-refractivity contribution < 1.29 is 9.13 Å². The van der Waals surface area contributed by atoms with Crippen LogP contribution in [0.5, 0.6) is 5.75 Å². The van der Waals surface area contributed by atoms with Crippen LogP contribution < -0.4 is 19.4 Å². The summed E-state index contributed by atoms with van der Waals surface area (Å²) in [7, 11) is 1.58. The maximum Gasteiger partial charge on any atom is 0.145 e. The number of anilines is 3. The van der Waals surface area contributed by atoms with Gasteiger partial charge in [0.15, 0.2) is 0 Å². The first-order valence-corrected chi connectivity index (χ1v) is 10.0. The molecule has 1 unspecified atom stereocenters. The summed E-state index contributed by atoms with van der Waals surface area (Å²) in [5.74, 6) is 3.02. The lowest BCUT2D eigenvalue weighted by Gasteiger charge is -2.37. The molecule has 1 aromatic heterocycles. The van der Waals surface area contributed by atoms with Gasteiger partial charge in [0.05, 0.1) is 12.8 Å². The molecule has 2 saturated heterocycles. The van der Waals surface area contributed by atoms with Crippen LogP contribution in [0.1, 0.15) is 19.8 Å². The van der Waals surface area contributed by atoms with Gasteiger partial charge in [0.2, 0.25) is 0 Å². The van der Waals surface area contributed by atoms with Crippen LogP contribution in [0.25, 0.3) is 0 Å². The molecule has 2 aromatic rings. The summed E-state index contributed by atoms with van der Waals surface area (Å²) in [6.07, 6.45) is 4.20. The molecule has 28 heavy (non-hydrogen) atoms. The van der Waals surface area contributed by atoms with Crippen LogP contribution >= 0.6 is 0 Å². The Labute approximate surface area is 165 Å². The van der Waals surface area contributed by atoms with Crippen molar-refractivity contribution in [2.75, 3.05) is 61.1 Å². The molecule has 6 nitrogen and oxygen atoms in total. The number of methoxy groups -OCH3 is 1. The van der Waals surface area contributed by atoms with Gasteiger partial charge in [0.1, 0.15) is 29.5 Å². The molecule has 0 radical (unpaired) electrons. The summed E-state index contributed by atoms with van der Waals surface area (Å²) in [6, 6.07) is 6.84. The van der Waals surface area contributed by atoms with Crippen LogP contribution in [0, 0.1) is 11.7 Å². The normalized spacial score (nSPS) is 20.4. The minimum Gasteiger partial charge on any atom is -0.494 e. The Balaban J connectivity index is 1.43. The standard InChI is InChI=1S/C21H28FN5O/c1-16-4-3-7-27(14-16)21-13-20(23-15-24-21)26-10-8-25(9-11-26)18-6-5-17(22)12-19(18)28-2/h5-6,12-13,15-16H,3-4,7-11,14H2,1-2H3. The minimum absolute atomic E-state index is 0.278. The molecule has 2 aliphatic heterocycles. The van der Waals surface area contributed by atoms with Gasteiger partial charge in [-0.2, -0.15) is 0 Å². The molecule has 1 atom stereocenters. The first kappa shape index (κ1) is 18.8. The number of hydrogen-bond acceptors (Lipinski definition) is 6. The lowest BCUT2D eigenvalue weighted by Crippen LogP contribution is -2.47. The highest BCUT2D eigenvalue weighted by molar-refractivity contribution is 5.60. The third-order valence-corrected chi connectivity index (χ3v) is 5.71. The maximum absolute atomic E-state index is 13.5. The Morgan fingerprint density at radius 1 is 0.964 bits per heavy atom. The average molecular weight is 385 g/mol. The Hall–Kier alpha value is -2.57. The summed E-state index contributed by atoms with van der Waals surface area (Å²) in [5, 5.41) is 0. The van der Waals surface area contributed by atoms with Crippen molar-refractivity contribution in [3.05, 3.63) is 36.4 Å². The molecule has 2 aliphatic rings. The largest absolute Gasteiger partial charge is 0.494 e. The summed E-state index contributed by atoms with van der Waals surface area (Å²) >= 11 is 0. The van der Waals surface area contributed by atoms with E-state index in [1.165, 1.54) is 25.0 Å². The number of piperidine rings is 1. The van der Waals surface area contributed by atoms with Crippen molar-refractivity contribution in [2.24, 2.45) is 5.92 Å². The van der Waals surface area contributed by atoms with E-state index < -0.39 is 0 Å². The van der Waals surface area contributed by atoms with Gasteiger partial charge in [-0.05, 0) is 30.9 Å². The van der Waals surface area contributed by atoms with Crippen molar-refractivity contribution >= 4 is 17.3 Å². The Morgan fingerprint density at radius 3 is 2.39 bits per heavy atom. The quantitative estimate of drug-likeness (QED) is 0.806. The average Bonchev–Trinajstić information content (AvgIpc) is 2.74. The van der Waals surface area contributed by atoms with E-state index in [1.807, 2.05) is 0 Å². The number of piperazine rings is 1. The van der Waals surface area contributed by atoms with Gasteiger partial charge in [-0.1, -0.05) is 6.92 Å². The topological polar surface area (TPSA) is 44.7 Å². The second-order valence-corrected chi connectivity index (χ2v) is 7.72. The molecule has 0 amide bonds. The fraction of sp³-hybridized carbons (Fsp3) is 0.524. The van der Waals surface area contributed by atoms with E-state index in [0.29, 0.717) is 11.7 Å². The second kappa shape index (κ2) is 8.20. The van der Waals surface area contributed by atoms with Crippen molar-refractivity contribution in [3.8, 4) is 5.75 Å². The van der Waals surface area contributed by atoms with E-state index in [1.54, 1.807) is 19.5 Å². The van der Waals surface area contributed by atoms with Crippen LogP contribution in [0.2, 0.25) is 0 Å². The third-order valence-electron chi connectivity index (χ3n) is 5.71. The number of hydrogen-bond donors (Lipinski definition) is 0. The first-order chi connectivity index (χ1) is 13.6. The smallest absolute Gasteiger partial charge is 0.145 e. The molecule has 3 heterocycles. The van der Waals surface area contributed by atoms with Gasteiger partial charge >= 0.3 is 0 Å². The van der Waals surface area contributed by atoms with Crippen LogP contribution in [0.15, 0.2) is 30.6 Å². The summed E-state index contributed by atoms with van der Waals surface area (Å²) in [5.41, 5.74) is 0.939. The lowest BCUT2D eigenvalue weighted by atomic mass is 10.0. The van der Waals surface area contributed by atoms with Gasteiger partial charge in [0, 0.05) is 51.4 Å². The van der Waals surface area contributed by atoms with Gasteiger partial charge in [-0.3, -0.25) is 0 Å². The van der Waals surface area contributed by atoms with E-state index in [4.69, 9.17) is 4.74 Å². The summed E-state index contributed by atoms with van der Waals surface area (Å²) < 4.78 is 18.8. The SMILES string of the molecule is COc1cc(F)ccc1N1CCN(c2cc(N3CCCC(C)C3)ncn2)CC1. The number of halogens is 1. The highest BCUT2D eigenvalue weighted by Gasteiger charge is 2.23. The molecular formula is C21H28FN5O. The molecule has 0 saturated carbocycles. The van der Waals surface area contributed by atoms with Gasteiger partial charge in [0.25, 0.3) is 0 Å². The Morgan fingerprint density at radius 2 is 1.68 bits per heavy atom. The maximum atomic E-state index is 13.5. The predicted molar refractivity (Wildman–Crippen MR) is 110 cm³/mol. The molecule has 0 bridgehead atoms. The molecule has 1 aromatic carbocycles. The van der Waals surface area contributed by atoms with Crippen molar-refractivity contribution in [2.45, 2.75) is 19.8 Å². The van der Waals surface area contributed by atoms with Crippen molar-refractivity contribution in [3.63, 3.8) is 0 Å². The molecule has 150 valence electrons. The monoisotopic (exact) mass is 385 g/mol. The molecule has 0 spiro atoms. The summed E-state index contributed by atoms with van der Waals surface area (Å²) in [6.45, 7) is 7.82. The molecule has 7 heteroatoms. The van der Waals surface area contributed by atoms with Crippen LogP contribution in [-0.2, 0) is 0 Å². The second-order valence-electron chi connectivity index (χ2n) is 7.72. The van der Waals surface area contributed by atoms with Crippen molar-refractivity contribution in [1.82, 2.24) is 9.97 Å². The van der Waals surface area contributed by atoms with Crippen molar-refractivity contribution in [1.29, 1.82) is 0 Å². The molecule has 2 fully saturated rings. The number of ether oxygens (including phenoxy) is 1. The van der Waals surface area contributed by atoms with Gasteiger partial charge < -0.3 is 19.4 Å². The number of nitrogens with zero attached hydrogens (tertiary/aromatic N) is 5. The Kier molecular flexibility index (Phi) is 5.50. The minimum atomic E-state index is -0.278. The van der Waals surface area contributed by atoms with E-state index in [0.717, 1.165) is 56.6 Å². The van der Waals surface area contributed by atoms with Gasteiger partial charge in [-0.25, -0.2) is 14.4 Å². The lowest BCUT2D eigenvalue weighted by molar-refractivity contribution is 0.410. The number of benzene rings is 1. The van der Waals surface area contributed by atoms with E-state index in [9.17, 15) is 4.39 Å². The zero-order chi connectivity index (χ0) is 19.5. The zero-order valence-electron chi connectivity index (χ0n) is 16.6. The van der Waals surface area contributed by atoms with E-state index in [-0.39, 0.29) is 5.82 Å². The molecule has 0 N–H and O–H groups in total. The zero-order valence-corrected chi connectivity index (χ0v) is 16.6. The Bertz CT molecular complexity index is 809. The molecular weight excluding hydrogens is 357 g/mol. The van der Waals surface area contributed by atoms with Crippen LogP contribution in [0.4, 0.5) is 21.7 Å². The van der Waals surface area contributed by atoms with Gasteiger partial charge in [-0.15, -0.1) is 0 Å². The van der Waals surface area contributed by atoms with E-state index in [2.05, 4.69) is 37.7 Å². The van der Waals surface area contributed by atoms with Crippen LogP contribution in [-0.4, -0.2) is 56.3 Å². The third kappa shape index (κ3) is 3.98. The number of rotatable bonds is 4. The number of aromatic nitrogens is 2. The fourth-order valence-electron chi connectivity index (χ4n) is 4.17. The highest BCUT2D eigenvalue weighted by Crippen LogP contribution is 2.30. The van der Waals surface area contributed by atoms with E-state index >= 15 is 0 Å². The molecule has 4 rings (SSSR count). The summed E-state index contributed by atoms with van der Waals surface area (Å²) in [4.78, 5) is 15.9. The van der Waals surface area contributed by atoms with Crippen LogP contribution in [0.3, 0.4) is 0 Å². The highest BCUT2D eigenvalue weighted by atomic mass is 19.1. The fourth-order valence-corrected chi connectivity index (χ4v) is 4.17. The predicted octanol–water partition coefficient (Wildman–Crippen LogP) is 3.19.